The number of para-hydroxylation sites is 2. The van der Waals surface area contributed by atoms with Crippen molar-refractivity contribution in [3.05, 3.63) is 59.9 Å². The molecule has 0 unspecified atom stereocenters. The summed E-state index contributed by atoms with van der Waals surface area (Å²) in [6.07, 6.45) is 6.55. The van der Waals surface area contributed by atoms with Gasteiger partial charge in [-0.15, -0.1) is 0 Å². The molecule has 1 aliphatic carbocycles. The van der Waals surface area contributed by atoms with E-state index in [0.717, 1.165) is 17.8 Å². The minimum absolute atomic E-state index is 0.550. The Morgan fingerprint density at radius 2 is 1.74 bits per heavy atom. The molecule has 1 aliphatic rings. The van der Waals surface area contributed by atoms with E-state index in [1.165, 1.54) is 49.0 Å². The maximum atomic E-state index is 6.06. The van der Waals surface area contributed by atoms with Gasteiger partial charge in [-0.3, -0.25) is 0 Å². The molecule has 142 valence electrons. The van der Waals surface area contributed by atoms with Crippen molar-refractivity contribution in [1.82, 2.24) is 9.55 Å². The SMILES string of the molecule is CC(C)c1ccc(OCCn2c(C3CCCCC3)nc3ccccc32)cc1. The van der Waals surface area contributed by atoms with Crippen molar-refractivity contribution in [2.75, 3.05) is 6.61 Å². The molecule has 3 nitrogen and oxygen atoms in total. The Bertz CT molecular complexity index is 873. The summed E-state index contributed by atoms with van der Waals surface area (Å²) in [7, 11) is 0. The van der Waals surface area contributed by atoms with E-state index in [2.05, 4.69) is 66.9 Å². The summed E-state index contributed by atoms with van der Waals surface area (Å²) in [6.45, 7) is 5.94. The summed E-state index contributed by atoms with van der Waals surface area (Å²) >= 11 is 0. The molecule has 0 saturated heterocycles. The Morgan fingerprint density at radius 3 is 2.48 bits per heavy atom. The van der Waals surface area contributed by atoms with Crippen LogP contribution in [0.2, 0.25) is 0 Å². The van der Waals surface area contributed by atoms with Gasteiger partial charge in [-0.1, -0.05) is 57.4 Å². The zero-order chi connectivity index (χ0) is 18.6. The molecule has 1 saturated carbocycles. The monoisotopic (exact) mass is 362 g/mol. The number of nitrogens with zero attached hydrogens (tertiary/aromatic N) is 2. The summed E-state index contributed by atoms with van der Waals surface area (Å²) in [5.74, 6) is 3.35. The molecular formula is C24H30N2O. The van der Waals surface area contributed by atoms with Gasteiger partial charge >= 0.3 is 0 Å². The minimum Gasteiger partial charge on any atom is -0.492 e. The highest BCUT2D eigenvalue weighted by Gasteiger charge is 2.22. The van der Waals surface area contributed by atoms with Crippen LogP contribution >= 0.6 is 0 Å². The Hall–Kier alpha value is -2.29. The van der Waals surface area contributed by atoms with Gasteiger partial charge in [0.05, 0.1) is 17.6 Å². The molecule has 0 atom stereocenters. The summed E-state index contributed by atoms with van der Waals surface area (Å²) in [5, 5.41) is 0. The first-order chi connectivity index (χ1) is 13.2. The lowest BCUT2D eigenvalue weighted by molar-refractivity contribution is 0.294. The molecule has 0 aliphatic heterocycles. The van der Waals surface area contributed by atoms with Gasteiger partial charge in [0, 0.05) is 5.92 Å². The Balaban J connectivity index is 1.50. The van der Waals surface area contributed by atoms with Gasteiger partial charge in [0.15, 0.2) is 0 Å². The van der Waals surface area contributed by atoms with E-state index in [0.29, 0.717) is 18.4 Å². The average molecular weight is 363 g/mol. The predicted molar refractivity (Wildman–Crippen MR) is 112 cm³/mol. The first kappa shape index (κ1) is 18.1. The van der Waals surface area contributed by atoms with Crippen LogP contribution < -0.4 is 4.74 Å². The number of benzene rings is 2. The van der Waals surface area contributed by atoms with Crippen molar-refractivity contribution in [3.8, 4) is 5.75 Å². The van der Waals surface area contributed by atoms with Crippen molar-refractivity contribution >= 4 is 11.0 Å². The van der Waals surface area contributed by atoms with E-state index in [4.69, 9.17) is 9.72 Å². The van der Waals surface area contributed by atoms with E-state index in [1.807, 2.05) is 0 Å². The third kappa shape index (κ3) is 4.02. The van der Waals surface area contributed by atoms with Gasteiger partial charge in [0.25, 0.3) is 0 Å². The second-order valence-electron chi connectivity index (χ2n) is 8.02. The van der Waals surface area contributed by atoms with Gasteiger partial charge in [0.1, 0.15) is 18.2 Å². The van der Waals surface area contributed by atoms with Gasteiger partial charge in [-0.2, -0.15) is 0 Å². The van der Waals surface area contributed by atoms with Crippen LogP contribution in [0.25, 0.3) is 11.0 Å². The molecule has 1 fully saturated rings. The largest absolute Gasteiger partial charge is 0.492 e. The molecule has 27 heavy (non-hydrogen) atoms. The Kier molecular flexibility index (Phi) is 5.47. The van der Waals surface area contributed by atoms with Crippen LogP contribution in [0.3, 0.4) is 0 Å². The standard InChI is InChI=1S/C24H30N2O/c1-18(2)19-12-14-21(15-13-19)27-17-16-26-23-11-7-6-10-22(23)25-24(26)20-8-4-3-5-9-20/h6-7,10-15,18,20H,3-5,8-9,16-17H2,1-2H3. The third-order valence-electron chi connectivity index (χ3n) is 5.78. The van der Waals surface area contributed by atoms with Gasteiger partial charge < -0.3 is 9.30 Å². The number of fused-ring (bicyclic) bond motifs is 1. The van der Waals surface area contributed by atoms with E-state index >= 15 is 0 Å². The average Bonchev–Trinajstić information content (AvgIpc) is 3.08. The van der Waals surface area contributed by atoms with Crippen molar-refractivity contribution in [2.45, 2.75) is 64.3 Å². The molecular weight excluding hydrogens is 332 g/mol. The predicted octanol–water partition coefficient (Wildman–Crippen LogP) is 6.29. The quantitative estimate of drug-likeness (QED) is 0.515. The molecule has 0 spiro atoms. The highest BCUT2D eigenvalue weighted by Crippen LogP contribution is 2.34. The molecule has 0 N–H and O–H groups in total. The lowest BCUT2D eigenvalue weighted by Gasteiger charge is -2.22. The first-order valence-corrected chi connectivity index (χ1v) is 10.4. The van der Waals surface area contributed by atoms with E-state index in [9.17, 15) is 0 Å². The zero-order valence-electron chi connectivity index (χ0n) is 16.5. The molecule has 0 amide bonds. The van der Waals surface area contributed by atoms with Gasteiger partial charge in [0.2, 0.25) is 0 Å². The molecule has 2 aromatic carbocycles. The van der Waals surface area contributed by atoms with Crippen molar-refractivity contribution in [3.63, 3.8) is 0 Å². The van der Waals surface area contributed by atoms with E-state index in [-0.39, 0.29) is 0 Å². The lowest BCUT2D eigenvalue weighted by Crippen LogP contribution is -2.15. The van der Waals surface area contributed by atoms with Gasteiger partial charge in [-0.25, -0.2) is 4.98 Å². The maximum Gasteiger partial charge on any atom is 0.119 e. The number of imidazole rings is 1. The van der Waals surface area contributed by atoms with Crippen molar-refractivity contribution in [2.24, 2.45) is 0 Å². The second kappa shape index (κ2) is 8.16. The van der Waals surface area contributed by atoms with E-state index < -0.39 is 0 Å². The lowest BCUT2D eigenvalue weighted by atomic mass is 9.88. The van der Waals surface area contributed by atoms with E-state index in [1.54, 1.807) is 0 Å². The number of hydrogen-bond donors (Lipinski definition) is 0. The number of aromatic nitrogens is 2. The molecule has 1 aromatic heterocycles. The highest BCUT2D eigenvalue weighted by atomic mass is 16.5. The molecule has 0 bridgehead atoms. The fourth-order valence-corrected chi connectivity index (χ4v) is 4.21. The number of hydrogen-bond acceptors (Lipinski definition) is 2. The maximum absolute atomic E-state index is 6.06. The normalized spacial score (nSPS) is 15.5. The first-order valence-electron chi connectivity index (χ1n) is 10.4. The smallest absolute Gasteiger partial charge is 0.119 e. The number of rotatable bonds is 6. The van der Waals surface area contributed by atoms with Crippen LogP contribution in [0.5, 0.6) is 5.75 Å². The summed E-state index contributed by atoms with van der Waals surface area (Å²) in [6, 6.07) is 17.0. The Labute approximate surface area is 162 Å². The van der Waals surface area contributed by atoms with Crippen LogP contribution in [0.4, 0.5) is 0 Å². The van der Waals surface area contributed by atoms with Gasteiger partial charge in [-0.05, 0) is 48.6 Å². The molecule has 4 rings (SSSR count). The number of ether oxygens (including phenoxy) is 1. The summed E-state index contributed by atoms with van der Waals surface area (Å²) < 4.78 is 8.45. The van der Waals surface area contributed by atoms with Crippen LogP contribution in [-0.4, -0.2) is 16.2 Å². The third-order valence-corrected chi connectivity index (χ3v) is 5.78. The second-order valence-corrected chi connectivity index (χ2v) is 8.02. The Morgan fingerprint density at radius 1 is 1.00 bits per heavy atom. The summed E-state index contributed by atoms with van der Waals surface area (Å²) in [4.78, 5) is 5.00. The fourth-order valence-electron chi connectivity index (χ4n) is 4.21. The topological polar surface area (TPSA) is 27.1 Å². The fraction of sp³-hybridized carbons (Fsp3) is 0.458. The van der Waals surface area contributed by atoms with Crippen molar-refractivity contribution < 1.29 is 4.74 Å². The zero-order valence-corrected chi connectivity index (χ0v) is 16.5. The molecule has 3 heteroatoms. The van der Waals surface area contributed by atoms with Crippen LogP contribution in [0.1, 0.15) is 69.2 Å². The summed E-state index contributed by atoms with van der Waals surface area (Å²) in [5.41, 5.74) is 3.69. The van der Waals surface area contributed by atoms with Crippen molar-refractivity contribution in [1.29, 1.82) is 0 Å². The molecule has 0 radical (unpaired) electrons. The van der Waals surface area contributed by atoms with Crippen LogP contribution in [-0.2, 0) is 6.54 Å². The highest BCUT2D eigenvalue weighted by molar-refractivity contribution is 5.76. The molecule has 3 aromatic rings. The van der Waals surface area contributed by atoms with Crippen LogP contribution in [0, 0.1) is 0 Å². The van der Waals surface area contributed by atoms with Crippen LogP contribution in [0.15, 0.2) is 48.5 Å². The molecule has 1 heterocycles. The minimum atomic E-state index is 0.550.